The normalized spacial score (nSPS) is 25.8. The Morgan fingerprint density at radius 1 is 1.40 bits per heavy atom. The second-order valence-corrected chi connectivity index (χ2v) is 5.81. The lowest BCUT2D eigenvalue weighted by atomic mass is 9.76. The molecule has 0 bridgehead atoms. The molecule has 2 rings (SSSR count). The highest BCUT2D eigenvalue weighted by molar-refractivity contribution is 5.96. The van der Waals surface area contributed by atoms with E-state index >= 15 is 0 Å². The summed E-state index contributed by atoms with van der Waals surface area (Å²) in [6, 6.07) is 9.85. The smallest absolute Gasteiger partial charge is 0.252 e. The number of hydrogen-bond donors (Lipinski definition) is 1. The number of rotatable bonds is 3. The molecule has 3 heteroatoms. The molecule has 20 heavy (non-hydrogen) atoms. The van der Waals surface area contributed by atoms with Crippen molar-refractivity contribution in [2.45, 2.75) is 51.5 Å². The van der Waals surface area contributed by atoms with Gasteiger partial charge in [0, 0.05) is 5.56 Å². The third-order valence-corrected chi connectivity index (χ3v) is 4.49. The first-order valence-electron chi connectivity index (χ1n) is 7.39. The molecule has 1 aliphatic carbocycles. The van der Waals surface area contributed by atoms with E-state index in [0.29, 0.717) is 11.5 Å². The summed E-state index contributed by atoms with van der Waals surface area (Å²) in [5.74, 6) is 0.575. The maximum Gasteiger partial charge on any atom is 0.252 e. The van der Waals surface area contributed by atoms with Crippen molar-refractivity contribution in [2.75, 3.05) is 0 Å². The number of carbonyl (C=O) groups excluding carboxylic acids is 1. The van der Waals surface area contributed by atoms with Crippen LogP contribution in [0.1, 0.15) is 54.9 Å². The average Bonchev–Trinajstić information content (AvgIpc) is 2.48. The van der Waals surface area contributed by atoms with Gasteiger partial charge in [-0.05, 0) is 50.2 Å². The molecule has 0 saturated heterocycles. The minimum atomic E-state index is -0.676. The van der Waals surface area contributed by atoms with Crippen molar-refractivity contribution in [3.8, 4) is 6.07 Å². The fourth-order valence-corrected chi connectivity index (χ4v) is 2.96. The van der Waals surface area contributed by atoms with Gasteiger partial charge in [0.1, 0.15) is 5.54 Å². The molecule has 0 aromatic heterocycles. The Balaban J connectivity index is 2.10. The Morgan fingerprint density at radius 2 is 2.05 bits per heavy atom. The van der Waals surface area contributed by atoms with Gasteiger partial charge in [-0.3, -0.25) is 4.79 Å². The van der Waals surface area contributed by atoms with Gasteiger partial charge in [0.15, 0.2) is 0 Å². The highest BCUT2D eigenvalue weighted by Gasteiger charge is 2.36. The number of amides is 1. The molecule has 0 aliphatic heterocycles. The Bertz CT molecular complexity index is 522. The lowest BCUT2D eigenvalue weighted by Gasteiger charge is -2.35. The number of hydrogen-bond acceptors (Lipinski definition) is 2. The molecule has 1 aromatic rings. The molecule has 1 amide bonds. The Kier molecular flexibility index (Phi) is 4.44. The minimum absolute atomic E-state index is 0.125. The van der Waals surface area contributed by atoms with Crippen LogP contribution >= 0.6 is 0 Å². The van der Waals surface area contributed by atoms with Crippen LogP contribution in [0.2, 0.25) is 0 Å². The first-order chi connectivity index (χ1) is 9.60. The van der Waals surface area contributed by atoms with E-state index in [1.54, 1.807) is 0 Å². The minimum Gasteiger partial charge on any atom is -0.334 e. The molecule has 1 N–H and O–H groups in total. The van der Waals surface area contributed by atoms with Crippen LogP contribution < -0.4 is 5.32 Å². The molecule has 1 saturated carbocycles. The second kappa shape index (κ2) is 6.09. The van der Waals surface area contributed by atoms with Gasteiger partial charge in [-0.1, -0.05) is 31.5 Å². The topological polar surface area (TPSA) is 52.9 Å². The molecule has 1 fully saturated rings. The summed E-state index contributed by atoms with van der Waals surface area (Å²) < 4.78 is 0. The van der Waals surface area contributed by atoms with Gasteiger partial charge in [0.05, 0.1) is 6.07 Å². The average molecular weight is 270 g/mol. The summed E-state index contributed by atoms with van der Waals surface area (Å²) in [6.45, 7) is 4.11. The molecule has 0 spiro atoms. The lowest BCUT2D eigenvalue weighted by Crippen LogP contribution is -2.49. The van der Waals surface area contributed by atoms with Gasteiger partial charge in [0.25, 0.3) is 5.91 Å². The number of nitriles is 1. The van der Waals surface area contributed by atoms with Crippen molar-refractivity contribution in [3.63, 3.8) is 0 Å². The molecular formula is C17H22N2O. The molecule has 1 aliphatic rings. The molecular weight excluding hydrogens is 248 g/mol. The highest BCUT2D eigenvalue weighted by Crippen LogP contribution is 2.33. The summed E-state index contributed by atoms with van der Waals surface area (Å²) in [5, 5.41) is 12.5. The number of carbonyl (C=O) groups is 1. The fraction of sp³-hybridized carbons (Fsp3) is 0.529. The van der Waals surface area contributed by atoms with Crippen molar-refractivity contribution in [1.29, 1.82) is 5.26 Å². The maximum absolute atomic E-state index is 12.4. The summed E-state index contributed by atoms with van der Waals surface area (Å²) in [4.78, 5) is 12.4. The van der Waals surface area contributed by atoms with Crippen molar-refractivity contribution < 1.29 is 4.79 Å². The molecule has 3 nitrogen and oxygen atoms in total. The zero-order chi connectivity index (χ0) is 14.6. The van der Waals surface area contributed by atoms with Crippen molar-refractivity contribution in [3.05, 3.63) is 35.4 Å². The van der Waals surface area contributed by atoms with Gasteiger partial charge in [-0.15, -0.1) is 0 Å². The highest BCUT2D eigenvalue weighted by atomic mass is 16.1. The maximum atomic E-state index is 12.4. The van der Waals surface area contributed by atoms with Gasteiger partial charge in [-0.2, -0.15) is 5.26 Å². The second-order valence-electron chi connectivity index (χ2n) is 5.81. The molecule has 0 heterocycles. The third kappa shape index (κ3) is 3.01. The predicted molar refractivity (Wildman–Crippen MR) is 79.2 cm³/mol. The van der Waals surface area contributed by atoms with E-state index in [1.165, 1.54) is 0 Å². The SMILES string of the molecule is CCC1CCC(C#N)(NC(=O)c2ccccc2C)CC1. The summed E-state index contributed by atoms with van der Waals surface area (Å²) in [6.07, 6.45) is 4.74. The van der Waals surface area contributed by atoms with Crippen LogP contribution in [0.4, 0.5) is 0 Å². The number of nitrogens with one attached hydrogen (secondary N) is 1. The lowest BCUT2D eigenvalue weighted by molar-refractivity contribution is 0.0890. The van der Waals surface area contributed by atoms with E-state index in [2.05, 4.69) is 18.3 Å². The Morgan fingerprint density at radius 3 is 2.60 bits per heavy atom. The van der Waals surface area contributed by atoms with Crippen molar-refractivity contribution in [2.24, 2.45) is 5.92 Å². The number of nitrogens with zero attached hydrogens (tertiary/aromatic N) is 1. The van der Waals surface area contributed by atoms with E-state index in [9.17, 15) is 10.1 Å². The van der Waals surface area contributed by atoms with Crippen molar-refractivity contribution >= 4 is 5.91 Å². The first kappa shape index (κ1) is 14.6. The fourth-order valence-electron chi connectivity index (χ4n) is 2.96. The molecule has 0 atom stereocenters. The van der Waals surface area contributed by atoms with Crippen LogP contribution in [0.3, 0.4) is 0 Å². The molecule has 1 aromatic carbocycles. The van der Waals surface area contributed by atoms with Crippen LogP contribution in [0, 0.1) is 24.2 Å². The monoisotopic (exact) mass is 270 g/mol. The standard InChI is InChI=1S/C17H22N2O/c1-3-14-8-10-17(12-18,11-9-14)19-16(20)15-7-5-4-6-13(15)2/h4-7,14H,3,8-11H2,1-2H3,(H,19,20). The van der Waals surface area contributed by atoms with Crippen LogP contribution in [0.25, 0.3) is 0 Å². The van der Waals surface area contributed by atoms with Crippen LogP contribution in [-0.2, 0) is 0 Å². The molecule has 0 radical (unpaired) electrons. The zero-order valence-corrected chi connectivity index (χ0v) is 12.3. The van der Waals surface area contributed by atoms with Gasteiger partial charge >= 0.3 is 0 Å². The number of benzene rings is 1. The van der Waals surface area contributed by atoms with Gasteiger partial charge in [-0.25, -0.2) is 0 Å². The summed E-state index contributed by atoms with van der Waals surface area (Å²) in [7, 11) is 0. The summed E-state index contributed by atoms with van der Waals surface area (Å²) in [5.41, 5.74) is 0.936. The largest absolute Gasteiger partial charge is 0.334 e. The third-order valence-electron chi connectivity index (χ3n) is 4.49. The van der Waals surface area contributed by atoms with E-state index in [1.807, 2.05) is 31.2 Å². The number of aryl methyl sites for hydroxylation is 1. The zero-order valence-electron chi connectivity index (χ0n) is 12.3. The Hall–Kier alpha value is -1.82. The van der Waals surface area contributed by atoms with Gasteiger partial charge < -0.3 is 5.32 Å². The predicted octanol–water partition coefficient (Wildman–Crippen LogP) is 3.59. The van der Waals surface area contributed by atoms with E-state index in [0.717, 1.165) is 37.7 Å². The Labute approximate surface area is 121 Å². The van der Waals surface area contributed by atoms with E-state index in [4.69, 9.17) is 0 Å². The van der Waals surface area contributed by atoms with Crippen LogP contribution in [-0.4, -0.2) is 11.4 Å². The molecule has 0 unspecified atom stereocenters. The quantitative estimate of drug-likeness (QED) is 0.912. The first-order valence-corrected chi connectivity index (χ1v) is 7.39. The summed E-state index contributed by atoms with van der Waals surface area (Å²) >= 11 is 0. The van der Waals surface area contributed by atoms with E-state index < -0.39 is 5.54 Å². The van der Waals surface area contributed by atoms with Crippen LogP contribution in [0.15, 0.2) is 24.3 Å². The van der Waals surface area contributed by atoms with E-state index in [-0.39, 0.29) is 5.91 Å². The van der Waals surface area contributed by atoms with Gasteiger partial charge in [0.2, 0.25) is 0 Å². The van der Waals surface area contributed by atoms with Crippen LogP contribution in [0.5, 0.6) is 0 Å². The molecule has 106 valence electrons. The van der Waals surface area contributed by atoms with Crippen molar-refractivity contribution in [1.82, 2.24) is 5.32 Å².